The van der Waals surface area contributed by atoms with Crippen molar-refractivity contribution in [1.82, 2.24) is 19.9 Å². The normalized spacial score (nSPS) is 23.4. The van der Waals surface area contributed by atoms with Crippen molar-refractivity contribution < 1.29 is 18.3 Å². The zero-order valence-electron chi connectivity index (χ0n) is 13.6. The monoisotopic (exact) mass is 348 g/mol. The van der Waals surface area contributed by atoms with Crippen LogP contribution in [0.2, 0.25) is 0 Å². The number of benzene rings is 1. The summed E-state index contributed by atoms with van der Waals surface area (Å²) in [4.78, 5) is 14.4. The number of carbonyl (C=O) groups is 1. The van der Waals surface area contributed by atoms with Crippen LogP contribution in [0.4, 0.5) is 8.78 Å². The molecule has 0 radical (unpaired) electrons. The topological polar surface area (TPSA) is 60.3 Å². The summed E-state index contributed by atoms with van der Waals surface area (Å²) in [5.41, 5.74) is 0.429. The fraction of sp³-hybridized carbons (Fsp3) is 0.471. The Morgan fingerprint density at radius 3 is 2.96 bits per heavy atom. The second kappa shape index (κ2) is 6.51. The molecule has 0 N–H and O–H groups in total. The Hall–Kier alpha value is -2.35. The molecule has 6 nitrogen and oxygen atoms in total. The van der Waals surface area contributed by atoms with E-state index in [0.717, 1.165) is 31.0 Å². The third-order valence-corrected chi connectivity index (χ3v) is 4.84. The first kappa shape index (κ1) is 16.1. The first-order valence-corrected chi connectivity index (χ1v) is 8.39. The van der Waals surface area contributed by atoms with Crippen molar-refractivity contribution >= 4 is 5.91 Å². The van der Waals surface area contributed by atoms with Gasteiger partial charge in [-0.25, -0.2) is 13.5 Å². The number of likely N-dealkylation sites (tertiary alicyclic amines) is 1. The van der Waals surface area contributed by atoms with Gasteiger partial charge in [-0.15, -0.1) is 5.10 Å². The van der Waals surface area contributed by atoms with Gasteiger partial charge >= 0.3 is 0 Å². The maximum atomic E-state index is 14.1. The van der Waals surface area contributed by atoms with Gasteiger partial charge in [0.1, 0.15) is 11.6 Å². The standard InChI is InChI=1S/C17H18F2N4O2/c18-11-3-4-14(19)13(8-11)16-2-1-6-22(16)17(24)15-9-23(21-20-15)12-5-7-25-10-12/h3-4,8-9,12,16H,1-2,5-7,10H2. The van der Waals surface area contributed by atoms with Crippen LogP contribution in [0.3, 0.4) is 0 Å². The maximum Gasteiger partial charge on any atom is 0.276 e. The molecule has 2 unspecified atom stereocenters. The molecule has 0 saturated carbocycles. The van der Waals surface area contributed by atoms with Crippen molar-refractivity contribution in [2.45, 2.75) is 31.3 Å². The van der Waals surface area contributed by atoms with Gasteiger partial charge in [-0.05, 0) is 37.5 Å². The summed E-state index contributed by atoms with van der Waals surface area (Å²) in [7, 11) is 0. The number of aromatic nitrogens is 3. The van der Waals surface area contributed by atoms with Gasteiger partial charge in [0, 0.05) is 18.7 Å². The molecule has 2 aliphatic rings. The Kier molecular flexibility index (Phi) is 4.20. The van der Waals surface area contributed by atoms with E-state index in [1.807, 2.05) is 0 Å². The second-order valence-electron chi connectivity index (χ2n) is 6.42. The Bertz CT molecular complexity index is 789. The minimum absolute atomic E-state index is 0.0871. The zero-order valence-corrected chi connectivity index (χ0v) is 13.6. The highest BCUT2D eigenvalue weighted by molar-refractivity contribution is 5.92. The van der Waals surface area contributed by atoms with Crippen molar-refractivity contribution in [3.63, 3.8) is 0 Å². The van der Waals surface area contributed by atoms with E-state index >= 15 is 0 Å². The molecule has 2 fully saturated rings. The van der Waals surface area contributed by atoms with Crippen LogP contribution in [-0.2, 0) is 4.74 Å². The molecule has 2 aromatic rings. The van der Waals surface area contributed by atoms with E-state index in [-0.39, 0.29) is 23.2 Å². The predicted octanol–water partition coefficient (Wildman–Crippen LogP) is 2.50. The molecule has 8 heteroatoms. The highest BCUT2D eigenvalue weighted by Crippen LogP contribution is 2.34. The summed E-state index contributed by atoms with van der Waals surface area (Å²) in [6.45, 7) is 1.71. The number of hydrogen-bond acceptors (Lipinski definition) is 4. The van der Waals surface area contributed by atoms with Gasteiger partial charge in [-0.2, -0.15) is 0 Å². The van der Waals surface area contributed by atoms with Crippen LogP contribution in [0.5, 0.6) is 0 Å². The SMILES string of the molecule is O=C(c1cn(C2CCOC2)nn1)N1CCCC1c1cc(F)ccc1F. The number of halogens is 2. The van der Waals surface area contributed by atoms with Gasteiger partial charge in [-0.3, -0.25) is 4.79 Å². The number of amides is 1. The van der Waals surface area contributed by atoms with Crippen molar-refractivity contribution in [2.24, 2.45) is 0 Å². The smallest absolute Gasteiger partial charge is 0.276 e. The summed E-state index contributed by atoms with van der Waals surface area (Å²) >= 11 is 0. The van der Waals surface area contributed by atoms with E-state index in [4.69, 9.17) is 4.74 Å². The molecule has 1 amide bonds. The van der Waals surface area contributed by atoms with Crippen molar-refractivity contribution in [3.8, 4) is 0 Å². The van der Waals surface area contributed by atoms with Crippen molar-refractivity contribution in [1.29, 1.82) is 0 Å². The van der Waals surface area contributed by atoms with E-state index in [2.05, 4.69) is 10.3 Å². The molecule has 2 aliphatic heterocycles. The van der Waals surface area contributed by atoms with E-state index in [1.165, 1.54) is 0 Å². The average Bonchev–Trinajstić information content (AvgIpc) is 3.36. The molecule has 25 heavy (non-hydrogen) atoms. The van der Waals surface area contributed by atoms with E-state index in [9.17, 15) is 13.6 Å². The third-order valence-electron chi connectivity index (χ3n) is 4.84. The molecular weight excluding hydrogens is 330 g/mol. The lowest BCUT2D eigenvalue weighted by atomic mass is 10.0. The highest BCUT2D eigenvalue weighted by atomic mass is 19.1. The zero-order chi connectivity index (χ0) is 17.4. The lowest BCUT2D eigenvalue weighted by Gasteiger charge is -2.24. The minimum Gasteiger partial charge on any atom is -0.379 e. The fourth-order valence-corrected chi connectivity index (χ4v) is 3.53. The molecule has 0 bridgehead atoms. The maximum absolute atomic E-state index is 14.1. The molecule has 4 rings (SSSR count). The number of rotatable bonds is 3. The van der Waals surface area contributed by atoms with Crippen LogP contribution in [0, 0.1) is 11.6 Å². The predicted molar refractivity (Wildman–Crippen MR) is 83.9 cm³/mol. The van der Waals surface area contributed by atoms with E-state index in [1.54, 1.807) is 15.8 Å². The molecule has 2 saturated heterocycles. The van der Waals surface area contributed by atoms with Gasteiger partial charge in [0.05, 0.1) is 24.9 Å². The van der Waals surface area contributed by atoms with Crippen LogP contribution in [-0.4, -0.2) is 45.6 Å². The van der Waals surface area contributed by atoms with Gasteiger partial charge in [-0.1, -0.05) is 5.21 Å². The Morgan fingerprint density at radius 1 is 1.28 bits per heavy atom. The molecule has 1 aromatic carbocycles. The first-order valence-electron chi connectivity index (χ1n) is 8.39. The molecular formula is C17H18F2N4O2. The van der Waals surface area contributed by atoms with Gasteiger partial charge < -0.3 is 9.64 Å². The summed E-state index contributed by atoms with van der Waals surface area (Å²) in [6, 6.07) is 2.95. The van der Waals surface area contributed by atoms with Crippen molar-refractivity contribution in [2.75, 3.05) is 19.8 Å². The molecule has 0 spiro atoms. The van der Waals surface area contributed by atoms with E-state index in [0.29, 0.717) is 26.2 Å². The largest absolute Gasteiger partial charge is 0.379 e. The quantitative estimate of drug-likeness (QED) is 0.855. The Morgan fingerprint density at radius 2 is 2.16 bits per heavy atom. The second-order valence-corrected chi connectivity index (χ2v) is 6.42. The lowest BCUT2D eigenvalue weighted by molar-refractivity contribution is 0.0727. The molecule has 132 valence electrons. The fourth-order valence-electron chi connectivity index (χ4n) is 3.53. The summed E-state index contributed by atoms with van der Waals surface area (Å²) in [6.07, 6.45) is 3.77. The van der Waals surface area contributed by atoms with E-state index < -0.39 is 17.7 Å². The summed E-state index contributed by atoms with van der Waals surface area (Å²) < 4.78 is 34.6. The first-order chi connectivity index (χ1) is 12.1. The molecule has 0 aliphatic carbocycles. The van der Waals surface area contributed by atoms with Gasteiger partial charge in [0.15, 0.2) is 5.69 Å². The van der Waals surface area contributed by atoms with Crippen LogP contribution in [0.15, 0.2) is 24.4 Å². The van der Waals surface area contributed by atoms with Crippen molar-refractivity contribution in [3.05, 3.63) is 47.3 Å². The lowest BCUT2D eigenvalue weighted by Crippen LogP contribution is -2.31. The summed E-state index contributed by atoms with van der Waals surface area (Å²) in [5.74, 6) is -1.32. The number of nitrogens with zero attached hydrogens (tertiary/aromatic N) is 4. The van der Waals surface area contributed by atoms with Gasteiger partial charge in [0.2, 0.25) is 0 Å². The van der Waals surface area contributed by atoms with Crippen LogP contribution < -0.4 is 0 Å². The number of carbonyl (C=O) groups excluding carboxylic acids is 1. The molecule has 3 heterocycles. The molecule has 1 aromatic heterocycles. The minimum atomic E-state index is -0.511. The van der Waals surface area contributed by atoms with Crippen LogP contribution >= 0.6 is 0 Å². The van der Waals surface area contributed by atoms with Crippen LogP contribution in [0.1, 0.15) is 47.4 Å². The summed E-state index contributed by atoms with van der Waals surface area (Å²) in [5, 5.41) is 8.00. The molecule has 2 atom stereocenters. The third kappa shape index (κ3) is 3.02. The highest BCUT2D eigenvalue weighted by Gasteiger charge is 2.34. The Balaban J connectivity index is 1.57. The number of ether oxygens (including phenoxy) is 1. The Labute approximate surface area is 143 Å². The van der Waals surface area contributed by atoms with Crippen LogP contribution in [0.25, 0.3) is 0 Å². The number of hydrogen-bond donors (Lipinski definition) is 0. The average molecular weight is 348 g/mol. The van der Waals surface area contributed by atoms with Gasteiger partial charge in [0.25, 0.3) is 5.91 Å².